The van der Waals surface area contributed by atoms with Crippen LogP contribution in [0.5, 0.6) is 0 Å². The van der Waals surface area contributed by atoms with Crippen LogP contribution in [-0.4, -0.2) is 0 Å². The van der Waals surface area contributed by atoms with E-state index in [9.17, 15) is 0 Å². The molecule has 2 aliphatic rings. The van der Waals surface area contributed by atoms with E-state index >= 15 is 0 Å². The molecule has 76 valence electrons. The van der Waals surface area contributed by atoms with Crippen LogP contribution in [0.25, 0.3) is 0 Å². The number of rotatable bonds is 0. The highest BCUT2D eigenvalue weighted by Crippen LogP contribution is 2.26. The highest BCUT2D eigenvalue weighted by Gasteiger charge is 2.06. The smallest absolute Gasteiger partial charge is 0.00916 e. The Labute approximate surface area is 87.7 Å². The molecule has 0 bridgehead atoms. The largest absolute Gasteiger partial charge is 0.0839 e. The Morgan fingerprint density at radius 3 is 2.57 bits per heavy atom. The fourth-order valence-corrected chi connectivity index (χ4v) is 1.79. The van der Waals surface area contributed by atoms with E-state index in [1.807, 2.05) is 13.8 Å². The first-order valence-corrected chi connectivity index (χ1v) is 5.59. The third-order valence-corrected chi connectivity index (χ3v) is 2.43. The molecule has 14 heavy (non-hydrogen) atoms. The van der Waals surface area contributed by atoms with Gasteiger partial charge in [0.1, 0.15) is 0 Å². The van der Waals surface area contributed by atoms with Crippen molar-refractivity contribution in [3.8, 4) is 0 Å². The fourth-order valence-electron chi connectivity index (χ4n) is 1.79. The maximum atomic E-state index is 2.32. The second-order valence-corrected chi connectivity index (χ2v) is 3.49. The van der Waals surface area contributed by atoms with Gasteiger partial charge >= 0.3 is 0 Å². The first kappa shape index (κ1) is 11.0. The molecule has 2 rings (SSSR count). The van der Waals surface area contributed by atoms with Gasteiger partial charge in [-0.3, -0.25) is 0 Å². The molecule has 0 amide bonds. The van der Waals surface area contributed by atoms with Gasteiger partial charge in [-0.15, -0.1) is 0 Å². The van der Waals surface area contributed by atoms with Crippen LogP contribution in [0.2, 0.25) is 0 Å². The topological polar surface area (TPSA) is 0 Å². The minimum absolute atomic E-state index is 1.11. The minimum atomic E-state index is 1.11. The molecule has 0 N–H and O–H groups in total. The second kappa shape index (κ2) is 5.64. The molecule has 0 heteroatoms. The van der Waals surface area contributed by atoms with Gasteiger partial charge in [0.05, 0.1) is 0 Å². The maximum absolute atomic E-state index is 2.32. The van der Waals surface area contributed by atoms with Crippen molar-refractivity contribution in [2.24, 2.45) is 0 Å². The van der Waals surface area contributed by atoms with Crippen LogP contribution in [0.4, 0.5) is 0 Å². The van der Waals surface area contributed by atoms with Gasteiger partial charge in [0.2, 0.25) is 0 Å². The molecule has 0 nitrogen and oxygen atoms in total. The van der Waals surface area contributed by atoms with E-state index in [-0.39, 0.29) is 0 Å². The standard InChI is InChI=1S/C12H14.C2H6/c1-10-5-4-8-11-6-2-3-7-12(11)9-10;1-2/h2,4-6,9H,3,7-8H2,1H3;1-2H3. The summed E-state index contributed by atoms with van der Waals surface area (Å²) in [5, 5.41) is 0. The SMILES string of the molecule is CC.CC1=CC2=C(C=CCC2)CC=C1. The van der Waals surface area contributed by atoms with E-state index in [1.54, 1.807) is 5.57 Å². The Bertz CT molecular complexity index is 298. The summed E-state index contributed by atoms with van der Waals surface area (Å²) in [7, 11) is 0. The summed E-state index contributed by atoms with van der Waals surface area (Å²) >= 11 is 0. The van der Waals surface area contributed by atoms with Gasteiger partial charge in [-0.2, -0.15) is 0 Å². The van der Waals surface area contributed by atoms with Gasteiger partial charge in [0, 0.05) is 0 Å². The average Bonchev–Trinajstić information content (AvgIpc) is 2.41. The molecule has 2 aliphatic carbocycles. The van der Waals surface area contributed by atoms with Crippen molar-refractivity contribution in [2.45, 2.75) is 40.0 Å². The average molecular weight is 188 g/mol. The quantitative estimate of drug-likeness (QED) is 0.522. The highest BCUT2D eigenvalue weighted by atomic mass is 14.1. The Balaban J connectivity index is 0.000000461. The molecule has 0 unspecified atom stereocenters. The van der Waals surface area contributed by atoms with Gasteiger partial charge < -0.3 is 0 Å². The van der Waals surface area contributed by atoms with Crippen molar-refractivity contribution in [3.63, 3.8) is 0 Å². The molecule has 0 spiro atoms. The third kappa shape index (κ3) is 2.73. The summed E-state index contributed by atoms with van der Waals surface area (Å²) in [6.45, 7) is 6.17. The Hall–Kier alpha value is -1.04. The zero-order valence-corrected chi connectivity index (χ0v) is 9.51. The molecule has 0 fully saturated rings. The molecule has 0 heterocycles. The van der Waals surface area contributed by atoms with Crippen molar-refractivity contribution in [1.29, 1.82) is 0 Å². The lowest BCUT2D eigenvalue weighted by Crippen LogP contribution is -1.90. The number of hydrogen-bond acceptors (Lipinski definition) is 0. The summed E-state index contributed by atoms with van der Waals surface area (Å²) in [6, 6.07) is 0. The first-order chi connectivity index (χ1) is 6.86. The lowest BCUT2D eigenvalue weighted by Gasteiger charge is -2.10. The summed E-state index contributed by atoms with van der Waals surface area (Å²) in [5.41, 5.74) is 4.43. The van der Waals surface area contributed by atoms with E-state index in [1.165, 1.54) is 24.0 Å². The predicted molar refractivity (Wildman–Crippen MR) is 64.3 cm³/mol. The van der Waals surface area contributed by atoms with Crippen LogP contribution in [0.1, 0.15) is 40.0 Å². The summed E-state index contributed by atoms with van der Waals surface area (Å²) in [6.07, 6.45) is 14.9. The Morgan fingerprint density at radius 2 is 1.79 bits per heavy atom. The van der Waals surface area contributed by atoms with Crippen molar-refractivity contribution >= 4 is 0 Å². The minimum Gasteiger partial charge on any atom is -0.0839 e. The summed E-state index contributed by atoms with van der Waals surface area (Å²) in [4.78, 5) is 0. The van der Waals surface area contributed by atoms with Crippen LogP contribution in [-0.2, 0) is 0 Å². The molecule has 0 aromatic rings. The van der Waals surface area contributed by atoms with E-state index < -0.39 is 0 Å². The molecule has 0 atom stereocenters. The second-order valence-electron chi connectivity index (χ2n) is 3.49. The number of allylic oxidation sites excluding steroid dienone is 8. The molecule has 0 radical (unpaired) electrons. The van der Waals surface area contributed by atoms with Crippen LogP contribution in [0, 0.1) is 0 Å². The van der Waals surface area contributed by atoms with Gasteiger partial charge in [-0.1, -0.05) is 49.8 Å². The zero-order valence-electron chi connectivity index (χ0n) is 9.51. The van der Waals surface area contributed by atoms with Gasteiger partial charge in [-0.05, 0) is 37.3 Å². The van der Waals surface area contributed by atoms with Crippen LogP contribution in [0.15, 0.2) is 47.1 Å². The molecule has 0 aromatic heterocycles. The maximum Gasteiger partial charge on any atom is -0.00916 e. The van der Waals surface area contributed by atoms with Gasteiger partial charge in [-0.25, -0.2) is 0 Å². The monoisotopic (exact) mass is 188 g/mol. The van der Waals surface area contributed by atoms with Gasteiger partial charge in [0.25, 0.3) is 0 Å². The predicted octanol–water partition coefficient (Wildman–Crippen LogP) is 4.57. The lowest BCUT2D eigenvalue weighted by atomic mass is 9.95. The third-order valence-electron chi connectivity index (χ3n) is 2.43. The van der Waals surface area contributed by atoms with Crippen LogP contribution >= 0.6 is 0 Å². The first-order valence-electron chi connectivity index (χ1n) is 5.59. The van der Waals surface area contributed by atoms with Crippen molar-refractivity contribution in [1.82, 2.24) is 0 Å². The van der Waals surface area contributed by atoms with E-state index in [0.29, 0.717) is 0 Å². The molecule has 0 aromatic carbocycles. The fraction of sp³-hybridized carbons (Fsp3) is 0.429. The van der Waals surface area contributed by atoms with Crippen LogP contribution in [0.3, 0.4) is 0 Å². The molecule has 0 aliphatic heterocycles. The van der Waals surface area contributed by atoms with Crippen molar-refractivity contribution < 1.29 is 0 Å². The van der Waals surface area contributed by atoms with Crippen molar-refractivity contribution in [3.05, 3.63) is 47.1 Å². The summed E-state index contributed by atoms with van der Waals surface area (Å²) in [5.74, 6) is 0. The Morgan fingerprint density at radius 1 is 1.00 bits per heavy atom. The summed E-state index contributed by atoms with van der Waals surface area (Å²) < 4.78 is 0. The van der Waals surface area contributed by atoms with E-state index in [0.717, 1.165) is 6.42 Å². The molecule has 0 saturated heterocycles. The molecule has 0 saturated carbocycles. The van der Waals surface area contributed by atoms with Crippen molar-refractivity contribution in [2.75, 3.05) is 0 Å². The Kier molecular flexibility index (Phi) is 4.45. The molecular weight excluding hydrogens is 168 g/mol. The highest BCUT2D eigenvalue weighted by molar-refractivity contribution is 5.43. The lowest BCUT2D eigenvalue weighted by molar-refractivity contribution is 0.956. The van der Waals surface area contributed by atoms with Gasteiger partial charge in [0.15, 0.2) is 0 Å². The number of hydrogen-bond donors (Lipinski definition) is 0. The zero-order chi connectivity index (χ0) is 10.4. The molecular formula is C14H20. The van der Waals surface area contributed by atoms with E-state index in [4.69, 9.17) is 0 Å². The normalized spacial score (nSPS) is 19.2. The van der Waals surface area contributed by atoms with E-state index in [2.05, 4.69) is 37.3 Å². The van der Waals surface area contributed by atoms with Crippen LogP contribution < -0.4 is 0 Å².